The van der Waals surface area contributed by atoms with Crippen LogP contribution in [0.5, 0.6) is 0 Å². The van der Waals surface area contributed by atoms with Gasteiger partial charge in [-0.3, -0.25) is 14.8 Å². The van der Waals surface area contributed by atoms with Gasteiger partial charge in [0, 0.05) is 30.8 Å². The van der Waals surface area contributed by atoms with Gasteiger partial charge in [0.2, 0.25) is 5.91 Å². The van der Waals surface area contributed by atoms with E-state index < -0.39 is 0 Å². The van der Waals surface area contributed by atoms with Crippen LogP contribution in [-0.2, 0) is 11.3 Å². The van der Waals surface area contributed by atoms with Crippen molar-refractivity contribution in [2.45, 2.75) is 6.54 Å². The summed E-state index contributed by atoms with van der Waals surface area (Å²) in [6.07, 6.45) is 1.76. The van der Waals surface area contributed by atoms with Crippen LogP contribution >= 0.6 is 0 Å². The van der Waals surface area contributed by atoms with Crippen molar-refractivity contribution in [3.05, 3.63) is 41.8 Å². The highest BCUT2D eigenvalue weighted by atomic mass is 19.1. The predicted octanol–water partition coefficient (Wildman–Crippen LogP) is 1.15. The summed E-state index contributed by atoms with van der Waals surface area (Å²) in [6.45, 7) is 2.53. The van der Waals surface area contributed by atoms with Crippen molar-refractivity contribution in [3.8, 4) is 11.3 Å². The number of piperazine rings is 1. The molecule has 0 unspecified atom stereocenters. The number of H-pyrrole nitrogens is 1. The molecule has 0 bridgehead atoms. The Kier molecular flexibility index (Phi) is 3.47. The van der Waals surface area contributed by atoms with Crippen molar-refractivity contribution in [2.24, 2.45) is 0 Å². The summed E-state index contributed by atoms with van der Waals surface area (Å²) in [5.74, 6) is -0.217. The van der Waals surface area contributed by atoms with Gasteiger partial charge >= 0.3 is 0 Å². The second kappa shape index (κ2) is 5.42. The predicted molar refractivity (Wildman–Crippen MR) is 72.3 cm³/mol. The van der Waals surface area contributed by atoms with Crippen LogP contribution < -0.4 is 5.32 Å². The van der Waals surface area contributed by atoms with E-state index in [4.69, 9.17) is 0 Å². The first-order valence-electron chi connectivity index (χ1n) is 6.49. The van der Waals surface area contributed by atoms with E-state index in [1.54, 1.807) is 18.3 Å². The molecule has 1 fully saturated rings. The van der Waals surface area contributed by atoms with Gasteiger partial charge in [-0.25, -0.2) is 4.39 Å². The number of rotatable bonds is 3. The van der Waals surface area contributed by atoms with Crippen LogP contribution in [0.15, 0.2) is 30.5 Å². The number of carbonyl (C=O) groups is 1. The quantitative estimate of drug-likeness (QED) is 0.882. The molecule has 0 aliphatic carbocycles. The van der Waals surface area contributed by atoms with Crippen LogP contribution in [0.4, 0.5) is 4.39 Å². The minimum Gasteiger partial charge on any atom is -0.354 e. The van der Waals surface area contributed by atoms with Crippen molar-refractivity contribution < 1.29 is 9.18 Å². The maximum Gasteiger partial charge on any atom is 0.234 e. The highest BCUT2D eigenvalue weighted by molar-refractivity contribution is 5.78. The normalized spacial score (nSPS) is 16.1. The molecule has 1 aromatic heterocycles. The Bertz CT molecular complexity index is 608. The summed E-state index contributed by atoms with van der Waals surface area (Å²) >= 11 is 0. The van der Waals surface area contributed by atoms with Crippen molar-refractivity contribution in [1.82, 2.24) is 20.4 Å². The lowest BCUT2D eigenvalue weighted by Crippen LogP contribution is -2.47. The summed E-state index contributed by atoms with van der Waals surface area (Å²) in [5.41, 5.74) is 2.77. The van der Waals surface area contributed by atoms with Crippen LogP contribution in [0.3, 0.4) is 0 Å². The van der Waals surface area contributed by atoms with E-state index in [1.807, 2.05) is 0 Å². The third-order valence-electron chi connectivity index (χ3n) is 3.36. The molecule has 2 N–H and O–H groups in total. The Labute approximate surface area is 115 Å². The summed E-state index contributed by atoms with van der Waals surface area (Å²) < 4.78 is 13.0. The van der Waals surface area contributed by atoms with Gasteiger partial charge in [-0.05, 0) is 24.3 Å². The molecule has 5 nitrogen and oxygen atoms in total. The number of halogens is 1. The number of hydrogen-bond donors (Lipinski definition) is 2. The third kappa shape index (κ3) is 2.70. The van der Waals surface area contributed by atoms with E-state index >= 15 is 0 Å². The minimum absolute atomic E-state index is 0.0445. The Hall–Kier alpha value is -2.21. The lowest BCUT2D eigenvalue weighted by molar-refractivity contribution is -0.124. The fourth-order valence-corrected chi connectivity index (χ4v) is 2.36. The Morgan fingerprint density at radius 1 is 1.30 bits per heavy atom. The average molecular weight is 274 g/mol. The van der Waals surface area contributed by atoms with E-state index in [9.17, 15) is 9.18 Å². The number of aromatic amines is 1. The number of carbonyl (C=O) groups excluding carboxylic acids is 1. The van der Waals surface area contributed by atoms with E-state index in [0.29, 0.717) is 19.6 Å². The molecule has 1 aromatic carbocycles. The second-order valence-electron chi connectivity index (χ2n) is 4.84. The van der Waals surface area contributed by atoms with Crippen molar-refractivity contribution in [2.75, 3.05) is 19.6 Å². The molecular weight excluding hydrogens is 259 g/mol. The fraction of sp³-hybridized carbons (Fsp3) is 0.286. The number of benzene rings is 1. The topological polar surface area (TPSA) is 61.0 Å². The summed E-state index contributed by atoms with van der Waals surface area (Å²) in [6, 6.07) is 6.28. The first kappa shape index (κ1) is 12.8. The van der Waals surface area contributed by atoms with Gasteiger partial charge in [0.15, 0.2) is 0 Å². The van der Waals surface area contributed by atoms with E-state index in [2.05, 4.69) is 20.4 Å². The largest absolute Gasteiger partial charge is 0.354 e. The van der Waals surface area contributed by atoms with Gasteiger partial charge < -0.3 is 5.32 Å². The molecule has 2 heterocycles. The van der Waals surface area contributed by atoms with Gasteiger partial charge in [-0.15, -0.1) is 0 Å². The number of nitrogens with zero attached hydrogens (tertiary/aromatic N) is 2. The van der Waals surface area contributed by atoms with E-state index in [0.717, 1.165) is 23.4 Å². The number of aromatic nitrogens is 2. The highest BCUT2D eigenvalue weighted by Crippen LogP contribution is 2.22. The lowest BCUT2D eigenvalue weighted by Gasteiger charge is -2.26. The SMILES string of the molecule is O=C1CN(Cc2cn[nH]c2-c2ccc(F)cc2)CCN1. The molecule has 1 aliphatic heterocycles. The molecule has 0 radical (unpaired) electrons. The van der Waals surface area contributed by atoms with Gasteiger partial charge in [-0.2, -0.15) is 5.10 Å². The first-order chi connectivity index (χ1) is 9.72. The lowest BCUT2D eigenvalue weighted by atomic mass is 10.1. The zero-order valence-electron chi connectivity index (χ0n) is 10.9. The number of nitrogens with one attached hydrogen (secondary N) is 2. The smallest absolute Gasteiger partial charge is 0.234 e. The van der Waals surface area contributed by atoms with Gasteiger partial charge in [0.25, 0.3) is 0 Å². The maximum atomic E-state index is 13.0. The van der Waals surface area contributed by atoms with Crippen LogP contribution in [0.2, 0.25) is 0 Å². The molecule has 1 saturated heterocycles. The first-order valence-corrected chi connectivity index (χ1v) is 6.49. The standard InChI is InChI=1S/C14H15FN4O/c15-12-3-1-10(2-4-12)14-11(7-17-18-14)8-19-6-5-16-13(20)9-19/h1-4,7H,5-6,8-9H2,(H,16,20)(H,17,18). The fourth-order valence-electron chi connectivity index (χ4n) is 2.36. The molecule has 1 amide bonds. The molecule has 3 rings (SSSR count). The molecule has 20 heavy (non-hydrogen) atoms. The molecule has 104 valence electrons. The van der Waals surface area contributed by atoms with Crippen LogP contribution in [-0.4, -0.2) is 40.6 Å². The van der Waals surface area contributed by atoms with Crippen molar-refractivity contribution >= 4 is 5.91 Å². The molecule has 0 atom stereocenters. The second-order valence-corrected chi connectivity index (χ2v) is 4.84. The van der Waals surface area contributed by atoms with Gasteiger partial charge in [0.05, 0.1) is 18.4 Å². The Balaban J connectivity index is 1.79. The van der Waals surface area contributed by atoms with Crippen molar-refractivity contribution in [3.63, 3.8) is 0 Å². The molecular formula is C14H15FN4O. The molecule has 0 saturated carbocycles. The Morgan fingerprint density at radius 3 is 2.85 bits per heavy atom. The third-order valence-corrected chi connectivity index (χ3v) is 3.36. The molecule has 1 aliphatic rings. The van der Waals surface area contributed by atoms with Crippen LogP contribution in [0, 0.1) is 5.82 Å². The maximum absolute atomic E-state index is 13.0. The highest BCUT2D eigenvalue weighted by Gasteiger charge is 2.18. The van der Waals surface area contributed by atoms with Gasteiger partial charge in [-0.1, -0.05) is 0 Å². The van der Waals surface area contributed by atoms with Gasteiger partial charge in [0.1, 0.15) is 5.82 Å². The zero-order chi connectivity index (χ0) is 13.9. The van der Waals surface area contributed by atoms with Crippen LogP contribution in [0.1, 0.15) is 5.56 Å². The zero-order valence-corrected chi connectivity index (χ0v) is 10.9. The average Bonchev–Trinajstić information content (AvgIpc) is 2.88. The van der Waals surface area contributed by atoms with E-state index in [-0.39, 0.29) is 11.7 Å². The number of amides is 1. The summed E-state index contributed by atoms with van der Waals surface area (Å²) in [7, 11) is 0. The molecule has 2 aromatic rings. The summed E-state index contributed by atoms with van der Waals surface area (Å²) in [4.78, 5) is 13.4. The van der Waals surface area contributed by atoms with Crippen molar-refractivity contribution in [1.29, 1.82) is 0 Å². The minimum atomic E-state index is -0.262. The van der Waals surface area contributed by atoms with E-state index in [1.165, 1.54) is 12.1 Å². The molecule has 6 heteroatoms. The monoisotopic (exact) mass is 274 g/mol. The summed E-state index contributed by atoms with van der Waals surface area (Å²) in [5, 5.41) is 9.80. The Morgan fingerprint density at radius 2 is 2.10 bits per heavy atom. The molecule has 0 spiro atoms. The van der Waals surface area contributed by atoms with Crippen LogP contribution in [0.25, 0.3) is 11.3 Å². The number of hydrogen-bond acceptors (Lipinski definition) is 3.